The Bertz CT molecular complexity index is 1090. The van der Waals surface area contributed by atoms with E-state index in [-0.39, 0.29) is 35.4 Å². The Morgan fingerprint density at radius 2 is 1.81 bits per heavy atom. The summed E-state index contributed by atoms with van der Waals surface area (Å²) < 4.78 is 27.8. The van der Waals surface area contributed by atoms with Gasteiger partial charge in [-0.15, -0.1) is 0 Å². The highest BCUT2D eigenvalue weighted by Crippen LogP contribution is 2.42. The van der Waals surface area contributed by atoms with E-state index in [1.807, 2.05) is 29.2 Å². The Kier molecular flexibility index (Phi) is 5.70. The predicted molar refractivity (Wildman–Crippen MR) is 118 cm³/mol. The number of carbonyl (C=O) groups is 1. The third-order valence-electron chi connectivity index (χ3n) is 6.83. The second-order valence-corrected chi connectivity index (χ2v) is 8.70. The van der Waals surface area contributed by atoms with Gasteiger partial charge in [0.25, 0.3) is 5.91 Å². The third kappa shape index (κ3) is 4.02. The minimum absolute atomic E-state index is 0.0136. The molecule has 6 heteroatoms. The lowest BCUT2D eigenvalue weighted by Gasteiger charge is -2.39. The molecule has 0 N–H and O–H groups in total. The van der Waals surface area contributed by atoms with Crippen LogP contribution in [0.15, 0.2) is 73.1 Å². The SMILES string of the molecule is O=C(c1cccnc1)N1C[C@H](c2ccc(F)cc2)[C@H]2CN(Cc3ccccc3F)CC[C@H]21. The average molecular weight is 434 g/mol. The number of fused-ring (bicyclic) bond motifs is 1. The van der Waals surface area contributed by atoms with Crippen molar-refractivity contribution in [3.8, 4) is 0 Å². The van der Waals surface area contributed by atoms with Crippen LogP contribution in [0.25, 0.3) is 0 Å². The van der Waals surface area contributed by atoms with Crippen molar-refractivity contribution in [1.82, 2.24) is 14.8 Å². The van der Waals surface area contributed by atoms with Gasteiger partial charge in [0, 0.05) is 62.0 Å². The van der Waals surface area contributed by atoms with Crippen LogP contribution in [0, 0.1) is 17.6 Å². The summed E-state index contributed by atoms with van der Waals surface area (Å²) in [7, 11) is 0. The normalized spacial score (nSPS) is 23.2. The molecule has 0 saturated carbocycles. The summed E-state index contributed by atoms with van der Waals surface area (Å²) in [4.78, 5) is 21.7. The van der Waals surface area contributed by atoms with Crippen LogP contribution in [0.1, 0.15) is 33.8 Å². The van der Waals surface area contributed by atoms with Crippen LogP contribution in [0.4, 0.5) is 8.78 Å². The minimum Gasteiger partial charge on any atom is -0.335 e. The number of pyridine rings is 1. The highest BCUT2D eigenvalue weighted by atomic mass is 19.1. The molecule has 1 aromatic heterocycles. The molecule has 0 spiro atoms. The van der Waals surface area contributed by atoms with Gasteiger partial charge in [-0.05, 0) is 42.3 Å². The lowest BCUT2D eigenvalue weighted by molar-refractivity contribution is 0.0612. The maximum atomic E-state index is 14.2. The van der Waals surface area contributed by atoms with Crippen LogP contribution < -0.4 is 0 Å². The Labute approximate surface area is 186 Å². The topological polar surface area (TPSA) is 36.4 Å². The Balaban J connectivity index is 1.42. The number of halogens is 2. The van der Waals surface area contributed by atoms with Gasteiger partial charge in [0.15, 0.2) is 0 Å². The van der Waals surface area contributed by atoms with Gasteiger partial charge in [-0.2, -0.15) is 0 Å². The Hall–Kier alpha value is -3.12. The number of nitrogens with zero attached hydrogens (tertiary/aromatic N) is 3. The molecule has 4 nitrogen and oxygen atoms in total. The van der Waals surface area contributed by atoms with E-state index in [0.717, 1.165) is 25.1 Å². The highest BCUT2D eigenvalue weighted by Gasteiger charge is 2.47. The first-order valence-corrected chi connectivity index (χ1v) is 11.0. The molecule has 3 aromatic rings. The second kappa shape index (κ2) is 8.79. The molecule has 2 aromatic carbocycles. The van der Waals surface area contributed by atoms with Gasteiger partial charge < -0.3 is 4.90 Å². The molecule has 2 aliphatic rings. The van der Waals surface area contributed by atoms with Crippen LogP contribution in [0.5, 0.6) is 0 Å². The van der Waals surface area contributed by atoms with E-state index in [0.29, 0.717) is 24.2 Å². The zero-order chi connectivity index (χ0) is 22.1. The summed E-state index contributed by atoms with van der Waals surface area (Å²) in [5, 5.41) is 0. The minimum atomic E-state index is -0.267. The maximum Gasteiger partial charge on any atom is 0.255 e. The summed E-state index contributed by atoms with van der Waals surface area (Å²) >= 11 is 0. The number of piperidine rings is 1. The molecule has 0 unspecified atom stereocenters. The summed E-state index contributed by atoms with van der Waals surface area (Å²) in [6, 6.07) is 17.2. The number of likely N-dealkylation sites (tertiary alicyclic amines) is 2. The highest BCUT2D eigenvalue weighted by molar-refractivity contribution is 5.94. The molecule has 0 bridgehead atoms. The Morgan fingerprint density at radius 3 is 2.56 bits per heavy atom. The van der Waals surface area contributed by atoms with Crippen molar-refractivity contribution >= 4 is 5.91 Å². The van der Waals surface area contributed by atoms with E-state index < -0.39 is 0 Å². The summed E-state index contributed by atoms with van der Waals surface area (Å²) in [5.41, 5.74) is 2.31. The number of aromatic nitrogens is 1. The van der Waals surface area contributed by atoms with Crippen LogP contribution in [0.3, 0.4) is 0 Å². The lowest BCUT2D eigenvalue weighted by Crippen LogP contribution is -2.47. The van der Waals surface area contributed by atoms with Crippen molar-refractivity contribution in [2.75, 3.05) is 19.6 Å². The van der Waals surface area contributed by atoms with Crippen LogP contribution >= 0.6 is 0 Å². The molecule has 2 aliphatic heterocycles. The van der Waals surface area contributed by atoms with Gasteiger partial charge in [-0.1, -0.05) is 30.3 Å². The molecule has 164 valence electrons. The fraction of sp³-hybridized carbons (Fsp3) is 0.308. The van der Waals surface area contributed by atoms with Gasteiger partial charge in [0.2, 0.25) is 0 Å². The fourth-order valence-corrected chi connectivity index (χ4v) is 5.27. The molecule has 0 radical (unpaired) electrons. The molecule has 2 fully saturated rings. The number of hydrogen-bond acceptors (Lipinski definition) is 3. The van der Waals surface area contributed by atoms with Crippen molar-refractivity contribution < 1.29 is 13.6 Å². The zero-order valence-electron chi connectivity index (χ0n) is 17.7. The van der Waals surface area contributed by atoms with E-state index in [2.05, 4.69) is 9.88 Å². The smallest absolute Gasteiger partial charge is 0.255 e. The van der Waals surface area contributed by atoms with Crippen LogP contribution in [-0.4, -0.2) is 46.4 Å². The number of amides is 1. The maximum absolute atomic E-state index is 14.2. The summed E-state index contributed by atoms with van der Waals surface area (Å²) in [5.74, 6) is -0.174. The van der Waals surface area contributed by atoms with Gasteiger partial charge in [-0.3, -0.25) is 14.7 Å². The van der Waals surface area contributed by atoms with E-state index in [1.165, 1.54) is 18.2 Å². The quantitative estimate of drug-likeness (QED) is 0.608. The molecule has 0 aliphatic carbocycles. The van der Waals surface area contributed by atoms with Crippen LogP contribution in [-0.2, 0) is 6.54 Å². The first-order valence-electron chi connectivity index (χ1n) is 11.0. The van der Waals surface area contributed by atoms with E-state index in [1.54, 1.807) is 30.6 Å². The molecule has 3 heterocycles. The van der Waals surface area contributed by atoms with Crippen LogP contribution in [0.2, 0.25) is 0 Å². The fourth-order valence-electron chi connectivity index (χ4n) is 5.27. The number of carbonyl (C=O) groups excluding carboxylic acids is 1. The van der Waals surface area contributed by atoms with Gasteiger partial charge in [0.05, 0.1) is 5.56 Å². The van der Waals surface area contributed by atoms with Crippen molar-refractivity contribution in [1.29, 1.82) is 0 Å². The molecular formula is C26H25F2N3O. The first kappa shape index (κ1) is 20.8. The zero-order valence-corrected chi connectivity index (χ0v) is 17.7. The van der Waals surface area contributed by atoms with E-state index in [9.17, 15) is 13.6 Å². The van der Waals surface area contributed by atoms with Gasteiger partial charge in [0.1, 0.15) is 11.6 Å². The number of rotatable bonds is 4. The Morgan fingerprint density at radius 1 is 1.00 bits per heavy atom. The van der Waals surface area contributed by atoms with Gasteiger partial charge >= 0.3 is 0 Å². The lowest BCUT2D eigenvalue weighted by atomic mass is 9.81. The van der Waals surface area contributed by atoms with Gasteiger partial charge in [-0.25, -0.2) is 8.78 Å². The number of benzene rings is 2. The third-order valence-corrected chi connectivity index (χ3v) is 6.83. The molecule has 1 amide bonds. The van der Waals surface area contributed by atoms with E-state index >= 15 is 0 Å². The van der Waals surface area contributed by atoms with Crippen molar-refractivity contribution in [3.63, 3.8) is 0 Å². The number of hydrogen-bond donors (Lipinski definition) is 0. The molecular weight excluding hydrogens is 408 g/mol. The van der Waals surface area contributed by atoms with Crippen molar-refractivity contribution in [2.45, 2.75) is 24.9 Å². The largest absolute Gasteiger partial charge is 0.335 e. The molecule has 32 heavy (non-hydrogen) atoms. The van der Waals surface area contributed by atoms with Crippen molar-refractivity contribution in [3.05, 3.63) is 101 Å². The molecule has 2 saturated heterocycles. The van der Waals surface area contributed by atoms with Crippen molar-refractivity contribution in [2.24, 2.45) is 5.92 Å². The molecule has 5 rings (SSSR count). The van der Waals surface area contributed by atoms with E-state index in [4.69, 9.17) is 0 Å². The standard InChI is InChI=1S/C26H25F2N3O/c27-21-9-7-18(8-10-21)22-17-31(26(32)19-5-3-12-29-14-19)25-11-13-30(16-23(22)25)15-20-4-1-2-6-24(20)28/h1-10,12,14,22-23,25H,11,13,15-17H2/t22-,23-,25-/m1/s1. The summed E-state index contributed by atoms with van der Waals surface area (Å²) in [6.45, 7) is 2.69. The monoisotopic (exact) mass is 433 g/mol. The second-order valence-electron chi connectivity index (χ2n) is 8.70. The predicted octanol–water partition coefficient (Wildman–Crippen LogP) is 4.49. The molecule has 3 atom stereocenters. The first-order chi connectivity index (χ1) is 15.6. The summed E-state index contributed by atoms with van der Waals surface area (Å²) in [6.07, 6.45) is 4.09. The average Bonchev–Trinajstić information content (AvgIpc) is 3.20.